The largest absolute Gasteiger partial charge is 0.324 e. The van der Waals surface area contributed by atoms with Crippen LogP contribution in [0.1, 0.15) is 20.8 Å². The van der Waals surface area contributed by atoms with Gasteiger partial charge in [0.25, 0.3) is 0 Å². The molecule has 0 aliphatic carbocycles. The van der Waals surface area contributed by atoms with Gasteiger partial charge in [-0.15, -0.1) is 0 Å². The molecule has 0 bridgehead atoms. The summed E-state index contributed by atoms with van der Waals surface area (Å²) in [5, 5.41) is 3.91. The van der Waals surface area contributed by atoms with E-state index in [1.54, 1.807) is 0 Å². The van der Waals surface area contributed by atoms with Gasteiger partial charge in [0.1, 0.15) is 0 Å². The Bertz CT molecular complexity index is 156. The van der Waals surface area contributed by atoms with Crippen LogP contribution in [-0.4, -0.2) is 19.6 Å². The highest BCUT2D eigenvalue weighted by molar-refractivity contribution is 6.30. The first-order chi connectivity index (χ1) is 5.75. The molecule has 0 saturated heterocycles. The summed E-state index contributed by atoms with van der Waals surface area (Å²) in [7, 11) is 1.90. The number of hydrogen-bond donors (Lipinski definition) is 3. The lowest BCUT2D eigenvalue weighted by atomic mass is 10.3. The molecule has 0 fully saturated rings. The highest BCUT2D eigenvalue weighted by Crippen LogP contribution is 2.15. The van der Waals surface area contributed by atoms with Gasteiger partial charge in [0.2, 0.25) is 0 Å². The van der Waals surface area contributed by atoms with Crippen molar-refractivity contribution in [2.24, 2.45) is 0 Å². The second kappa shape index (κ2) is 6.29. The van der Waals surface area contributed by atoms with Crippen LogP contribution in [0.15, 0.2) is 10.7 Å². The van der Waals surface area contributed by atoms with Crippen molar-refractivity contribution in [3.05, 3.63) is 10.7 Å². The Morgan fingerprint density at radius 3 is 2.42 bits per heavy atom. The Morgan fingerprint density at radius 2 is 2.08 bits per heavy atom. The minimum absolute atomic E-state index is 0.228. The lowest BCUT2D eigenvalue weighted by Crippen LogP contribution is -2.38. The van der Waals surface area contributed by atoms with Gasteiger partial charge in [-0.1, -0.05) is 25.4 Å². The molecule has 12 heavy (non-hydrogen) atoms. The molecule has 1 aliphatic rings. The normalized spacial score (nSPS) is 21.6. The van der Waals surface area contributed by atoms with E-state index in [0.29, 0.717) is 0 Å². The second-order valence-corrected chi connectivity index (χ2v) is 2.76. The van der Waals surface area contributed by atoms with Crippen molar-refractivity contribution in [2.75, 3.05) is 13.6 Å². The third-order valence-corrected chi connectivity index (χ3v) is 2.05. The molecule has 1 unspecified atom stereocenters. The highest BCUT2D eigenvalue weighted by atomic mass is 35.5. The van der Waals surface area contributed by atoms with Crippen molar-refractivity contribution < 1.29 is 0 Å². The molecule has 0 amide bonds. The van der Waals surface area contributed by atoms with Crippen molar-refractivity contribution >= 4 is 11.6 Å². The van der Waals surface area contributed by atoms with Crippen molar-refractivity contribution in [3.63, 3.8) is 0 Å². The first-order valence-corrected chi connectivity index (χ1v) is 4.66. The summed E-state index contributed by atoms with van der Waals surface area (Å²) < 4.78 is 0. The summed E-state index contributed by atoms with van der Waals surface area (Å²) >= 11 is 5.92. The summed E-state index contributed by atoms with van der Waals surface area (Å²) in [6.07, 6.45) is 0. The molecule has 0 saturated carbocycles. The predicted octanol–water partition coefficient (Wildman–Crippen LogP) is 1.18. The third kappa shape index (κ3) is 3.01. The van der Waals surface area contributed by atoms with Crippen molar-refractivity contribution in [3.8, 4) is 0 Å². The topological polar surface area (TPSA) is 36.1 Å². The van der Waals surface area contributed by atoms with Crippen LogP contribution in [-0.2, 0) is 0 Å². The zero-order valence-electron chi connectivity index (χ0n) is 8.16. The van der Waals surface area contributed by atoms with E-state index in [1.807, 2.05) is 27.8 Å². The van der Waals surface area contributed by atoms with Crippen LogP contribution in [0.4, 0.5) is 0 Å². The van der Waals surface area contributed by atoms with Crippen molar-refractivity contribution in [1.29, 1.82) is 0 Å². The van der Waals surface area contributed by atoms with Crippen molar-refractivity contribution in [2.45, 2.75) is 26.8 Å². The van der Waals surface area contributed by atoms with Crippen LogP contribution in [0.5, 0.6) is 0 Å². The predicted molar refractivity (Wildman–Crippen MR) is 53.9 cm³/mol. The maximum absolute atomic E-state index is 5.92. The van der Waals surface area contributed by atoms with Crippen LogP contribution in [0.2, 0.25) is 0 Å². The van der Waals surface area contributed by atoms with Gasteiger partial charge in [0.05, 0.1) is 11.1 Å². The molecule has 1 rings (SSSR count). The van der Waals surface area contributed by atoms with Crippen molar-refractivity contribution in [1.82, 2.24) is 16.2 Å². The minimum atomic E-state index is 0.228. The van der Waals surface area contributed by atoms with Gasteiger partial charge < -0.3 is 10.7 Å². The number of hydrogen-bond acceptors (Lipinski definition) is 3. The summed E-state index contributed by atoms with van der Waals surface area (Å²) in [5.41, 5.74) is 7.02. The molecular formula is C8H18ClN3. The lowest BCUT2D eigenvalue weighted by molar-refractivity contribution is 0.548. The molecule has 4 heteroatoms. The molecular weight excluding hydrogens is 174 g/mol. The fraction of sp³-hybridized carbons (Fsp3) is 0.750. The fourth-order valence-electron chi connectivity index (χ4n) is 0.925. The van der Waals surface area contributed by atoms with E-state index >= 15 is 0 Å². The molecule has 1 heterocycles. The summed E-state index contributed by atoms with van der Waals surface area (Å²) in [6.45, 7) is 6.80. The Hall–Kier alpha value is -0.250. The van der Waals surface area contributed by atoms with E-state index in [9.17, 15) is 0 Å². The van der Waals surface area contributed by atoms with E-state index < -0.39 is 0 Å². The monoisotopic (exact) mass is 191 g/mol. The molecule has 72 valence electrons. The van der Waals surface area contributed by atoms with Gasteiger partial charge in [-0.25, -0.2) is 5.43 Å². The molecule has 0 aromatic heterocycles. The zero-order valence-corrected chi connectivity index (χ0v) is 8.92. The molecule has 0 aromatic rings. The first-order valence-electron chi connectivity index (χ1n) is 4.28. The fourth-order valence-corrected chi connectivity index (χ4v) is 1.10. The maximum Gasteiger partial charge on any atom is 0.0758 e. The van der Waals surface area contributed by atoms with Gasteiger partial charge in [-0.3, -0.25) is 0 Å². The summed E-state index contributed by atoms with van der Waals surface area (Å²) in [4.78, 5) is 0. The number of halogens is 1. The standard InChI is InChI=1S/C6H12ClN3.C2H6/c1-4-6(7)5(3-8-2)10-9-4;1-2/h5,8-10H,3H2,1-2H3;1-2H3. The zero-order chi connectivity index (χ0) is 9.56. The quantitative estimate of drug-likeness (QED) is 0.614. The van der Waals surface area contributed by atoms with Gasteiger partial charge >= 0.3 is 0 Å². The summed E-state index contributed by atoms with van der Waals surface area (Å²) in [6, 6.07) is 0.228. The second-order valence-electron chi connectivity index (χ2n) is 2.35. The number of likely N-dealkylation sites (N-methyl/N-ethyl adjacent to an activating group) is 1. The van der Waals surface area contributed by atoms with Gasteiger partial charge in [-0.05, 0) is 14.0 Å². The van der Waals surface area contributed by atoms with Gasteiger partial charge in [0.15, 0.2) is 0 Å². The van der Waals surface area contributed by atoms with Crippen LogP contribution in [0, 0.1) is 0 Å². The average Bonchev–Trinajstić information content (AvgIpc) is 2.41. The van der Waals surface area contributed by atoms with E-state index in [1.165, 1.54) is 0 Å². The minimum Gasteiger partial charge on any atom is -0.324 e. The molecule has 3 nitrogen and oxygen atoms in total. The molecule has 1 aliphatic heterocycles. The smallest absolute Gasteiger partial charge is 0.0758 e. The molecule has 3 N–H and O–H groups in total. The SMILES string of the molecule is CC.CNCC1NNC(C)=C1Cl. The lowest BCUT2D eigenvalue weighted by Gasteiger charge is -2.08. The Labute approximate surface area is 79.5 Å². The van der Waals surface area contributed by atoms with Crippen LogP contribution in [0.3, 0.4) is 0 Å². The number of hydrazine groups is 1. The number of allylic oxidation sites excluding steroid dienone is 1. The van der Waals surface area contributed by atoms with Crippen LogP contribution < -0.4 is 16.2 Å². The van der Waals surface area contributed by atoms with E-state index in [2.05, 4.69) is 16.2 Å². The van der Waals surface area contributed by atoms with E-state index in [0.717, 1.165) is 17.3 Å². The number of rotatable bonds is 2. The Morgan fingerprint density at radius 1 is 1.50 bits per heavy atom. The van der Waals surface area contributed by atoms with Gasteiger partial charge in [-0.2, -0.15) is 0 Å². The van der Waals surface area contributed by atoms with E-state index in [-0.39, 0.29) is 6.04 Å². The third-order valence-electron chi connectivity index (χ3n) is 1.51. The molecule has 0 aromatic carbocycles. The molecule has 1 atom stereocenters. The van der Waals surface area contributed by atoms with Gasteiger partial charge in [0, 0.05) is 12.2 Å². The Balaban J connectivity index is 0.000000561. The first kappa shape index (κ1) is 11.8. The maximum atomic E-state index is 5.92. The van der Waals surface area contributed by atoms with Crippen LogP contribution in [0.25, 0.3) is 0 Å². The average molecular weight is 192 g/mol. The molecule has 0 radical (unpaired) electrons. The number of nitrogens with one attached hydrogen (secondary N) is 3. The van der Waals surface area contributed by atoms with E-state index in [4.69, 9.17) is 11.6 Å². The van der Waals surface area contributed by atoms with Crippen LogP contribution >= 0.6 is 11.6 Å². The Kier molecular flexibility index (Phi) is 6.16. The highest BCUT2D eigenvalue weighted by Gasteiger charge is 2.19. The summed E-state index contributed by atoms with van der Waals surface area (Å²) in [5.74, 6) is 0. The molecule has 0 spiro atoms.